The van der Waals surface area contributed by atoms with Crippen LogP contribution in [0.15, 0.2) is 29.3 Å². The number of benzene rings is 1. The predicted octanol–water partition coefficient (Wildman–Crippen LogP) is 1.34. The summed E-state index contributed by atoms with van der Waals surface area (Å²) < 4.78 is 0. The summed E-state index contributed by atoms with van der Waals surface area (Å²) in [6.07, 6.45) is 1.79. The Kier molecular flexibility index (Phi) is 3.85. The highest BCUT2D eigenvalue weighted by Crippen LogP contribution is 2.13. The fourth-order valence-corrected chi connectivity index (χ4v) is 1.27. The molecule has 1 aromatic carbocycles. The Morgan fingerprint density at radius 2 is 2.07 bits per heavy atom. The van der Waals surface area contributed by atoms with Crippen molar-refractivity contribution >= 4 is 12.2 Å². The van der Waals surface area contributed by atoms with E-state index in [0.29, 0.717) is 6.42 Å². The van der Waals surface area contributed by atoms with E-state index in [2.05, 4.69) is 4.99 Å². The SMILES string of the molecule is C/N=C\C(Cc1ccc(O)cc1)C(=O)O. The molecule has 0 saturated carbocycles. The molecule has 0 fully saturated rings. The van der Waals surface area contributed by atoms with Gasteiger partial charge in [0.25, 0.3) is 0 Å². The highest BCUT2D eigenvalue weighted by molar-refractivity contribution is 5.88. The first kappa shape index (κ1) is 11.2. The minimum Gasteiger partial charge on any atom is -0.508 e. The van der Waals surface area contributed by atoms with Crippen molar-refractivity contribution in [2.75, 3.05) is 7.05 Å². The van der Waals surface area contributed by atoms with Crippen LogP contribution in [-0.2, 0) is 11.2 Å². The Morgan fingerprint density at radius 3 is 2.53 bits per heavy atom. The van der Waals surface area contributed by atoms with Gasteiger partial charge in [-0.3, -0.25) is 9.79 Å². The molecule has 4 nitrogen and oxygen atoms in total. The fourth-order valence-electron chi connectivity index (χ4n) is 1.27. The lowest BCUT2D eigenvalue weighted by atomic mass is 10.0. The lowest BCUT2D eigenvalue weighted by molar-refractivity contribution is -0.139. The Labute approximate surface area is 87.9 Å². The molecule has 0 aliphatic rings. The summed E-state index contributed by atoms with van der Waals surface area (Å²) in [4.78, 5) is 14.5. The first-order chi connectivity index (χ1) is 7.13. The van der Waals surface area contributed by atoms with Crippen LogP contribution in [0.4, 0.5) is 0 Å². The van der Waals surface area contributed by atoms with Crippen LogP contribution in [0.25, 0.3) is 0 Å². The summed E-state index contributed by atoms with van der Waals surface area (Å²) >= 11 is 0. The number of carboxylic acids is 1. The minimum atomic E-state index is -0.895. The summed E-state index contributed by atoms with van der Waals surface area (Å²) in [5.41, 5.74) is 0.861. The summed E-state index contributed by atoms with van der Waals surface area (Å²) in [5.74, 6) is -1.33. The molecule has 0 spiro atoms. The molecule has 0 aliphatic carbocycles. The number of aromatic hydroxyl groups is 1. The van der Waals surface area contributed by atoms with E-state index in [1.165, 1.54) is 18.3 Å². The van der Waals surface area contributed by atoms with E-state index in [0.717, 1.165) is 5.56 Å². The molecular formula is C11H13NO3. The van der Waals surface area contributed by atoms with Gasteiger partial charge in [0.2, 0.25) is 0 Å². The van der Waals surface area contributed by atoms with E-state index in [1.54, 1.807) is 19.2 Å². The lowest BCUT2D eigenvalue weighted by Crippen LogP contribution is -2.17. The van der Waals surface area contributed by atoms with Crippen molar-refractivity contribution in [3.05, 3.63) is 29.8 Å². The number of phenols is 1. The largest absolute Gasteiger partial charge is 0.508 e. The molecule has 0 bridgehead atoms. The number of carboxylic acid groups (broad SMARTS) is 1. The normalized spacial score (nSPS) is 12.9. The van der Waals surface area contributed by atoms with E-state index in [4.69, 9.17) is 10.2 Å². The average molecular weight is 207 g/mol. The molecule has 0 aromatic heterocycles. The van der Waals surface area contributed by atoms with Crippen molar-refractivity contribution in [1.29, 1.82) is 0 Å². The number of nitrogens with zero attached hydrogens (tertiary/aromatic N) is 1. The molecular weight excluding hydrogens is 194 g/mol. The Hall–Kier alpha value is -1.84. The van der Waals surface area contributed by atoms with Crippen molar-refractivity contribution in [3.8, 4) is 5.75 Å². The van der Waals surface area contributed by atoms with Crippen LogP contribution >= 0.6 is 0 Å². The van der Waals surface area contributed by atoms with Gasteiger partial charge in [-0.25, -0.2) is 0 Å². The number of carbonyl (C=O) groups is 1. The van der Waals surface area contributed by atoms with Gasteiger partial charge >= 0.3 is 5.97 Å². The molecule has 1 aromatic rings. The van der Waals surface area contributed by atoms with Crippen LogP contribution in [0.1, 0.15) is 5.56 Å². The molecule has 0 heterocycles. The number of aliphatic carboxylic acids is 1. The van der Waals surface area contributed by atoms with E-state index in [-0.39, 0.29) is 5.75 Å². The third-order valence-electron chi connectivity index (χ3n) is 2.04. The van der Waals surface area contributed by atoms with Crippen LogP contribution in [0.5, 0.6) is 5.75 Å². The molecule has 1 atom stereocenters. The Morgan fingerprint density at radius 1 is 1.47 bits per heavy atom. The highest BCUT2D eigenvalue weighted by Gasteiger charge is 2.14. The maximum Gasteiger partial charge on any atom is 0.312 e. The minimum absolute atomic E-state index is 0.176. The maximum absolute atomic E-state index is 10.8. The van der Waals surface area contributed by atoms with Crippen molar-refractivity contribution in [2.45, 2.75) is 6.42 Å². The Bertz CT molecular complexity index is 357. The monoisotopic (exact) mass is 207 g/mol. The van der Waals surface area contributed by atoms with Gasteiger partial charge in [0, 0.05) is 13.3 Å². The third kappa shape index (κ3) is 3.42. The van der Waals surface area contributed by atoms with Gasteiger partial charge < -0.3 is 10.2 Å². The number of aliphatic imine (C=N–C) groups is 1. The molecule has 0 radical (unpaired) electrons. The Balaban J connectivity index is 2.74. The maximum atomic E-state index is 10.8. The second-order valence-corrected chi connectivity index (χ2v) is 3.22. The highest BCUT2D eigenvalue weighted by atomic mass is 16.4. The number of phenolic OH excluding ortho intramolecular Hbond substituents is 1. The van der Waals surface area contributed by atoms with E-state index in [9.17, 15) is 4.79 Å². The van der Waals surface area contributed by atoms with E-state index in [1.807, 2.05) is 0 Å². The quantitative estimate of drug-likeness (QED) is 0.732. The fraction of sp³-hybridized carbons (Fsp3) is 0.273. The van der Waals surface area contributed by atoms with Crippen LogP contribution in [0.3, 0.4) is 0 Å². The third-order valence-corrected chi connectivity index (χ3v) is 2.04. The van der Waals surface area contributed by atoms with Crippen LogP contribution < -0.4 is 0 Å². The second kappa shape index (κ2) is 5.14. The molecule has 1 unspecified atom stereocenters. The van der Waals surface area contributed by atoms with Gasteiger partial charge in [-0.1, -0.05) is 12.1 Å². The van der Waals surface area contributed by atoms with E-state index >= 15 is 0 Å². The zero-order chi connectivity index (χ0) is 11.3. The molecule has 1 rings (SSSR count). The first-order valence-corrected chi connectivity index (χ1v) is 4.56. The topological polar surface area (TPSA) is 69.9 Å². The van der Waals surface area contributed by atoms with Gasteiger partial charge in [-0.05, 0) is 24.1 Å². The standard InChI is InChI=1S/C11H13NO3/c1-12-7-9(11(14)15)6-8-2-4-10(13)5-3-8/h2-5,7,9,13H,6H2,1H3,(H,14,15)/b12-7-. The van der Waals surface area contributed by atoms with Gasteiger partial charge in [0.05, 0.1) is 5.92 Å². The van der Waals surface area contributed by atoms with Crippen molar-refractivity contribution in [3.63, 3.8) is 0 Å². The first-order valence-electron chi connectivity index (χ1n) is 4.56. The van der Waals surface area contributed by atoms with Crippen molar-refractivity contribution in [2.24, 2.45) is 10.9 Å². The van der Waals surface area contributed by atoms with Crippen molar-refractivity contribution < 1.29 is 15.0 Å². The summed E-state index contributed by atoms with van der Waals surface area (Å²) in [6, 6.07) is 6.48. The molecule has 0 amide bonds. The molecule has 4 heteroatoms. The smallest absolute Gasteiger partial charge is 0.312 e. The van der Waals surface area contributed by atoms with Gasteiger partial charge in [0.15, 0.2) is 0 Å². The molecule has 0 saturated heterocycles. The van der Waals surface area contributed by atoms with Gasteiger partial charge in [-0.15, -0.1) is 0 Å². The average Bonchev–Trinajstić information content (AvgIpc) is 2.20. The molecule has 80 valence electrons. The zero-order valence-corrected chi connectivity index (χ0v) is 8.42. The van der Waals surface area contributed by atoms with Crippen LogP contribution in [0.2, 0.25) is 0 Å². The second-order valence-electron chi connectivity index (χ2n) is 3.22. The summed E-state index contributed by atoms with van der Waals surface area (Å²) in [5, 5.41) is 17.9. The van der Waals surface area contributed by atoms with Gasteiger partial charge in [-0.2, -0.15) is 0 Å². The van der Waals surface area contributed by atoms with E-state index < -0.39 is 11.9 Å². The van der Waals surface area contributed by atoms with Crippen LogP contribution in [0, 0.1) is 5.92 Å². The zero-order valence-electron chi connectivity index (χ0n) is 8.42. The van der Waals surface area contributed by atoms with Gasteiger partial charge in [0.1, 0.15) is 5.75 Å². The molecule has 2 N–H and O–H groups in total. The summed E-state index contributed by atoms with van der Waals surface area (Å²) in [6.45, 7) is 0. The number of hydrogen-bond acceptors (Lipinski definition) is 3. The number of hydrogen-bond donors (Lipinski definition) is 2. The lowest BCUT2D eigenvalue weighted by Gasteiger charge is -2.06. The summed E-state index contributed by atoms with van der Waals surface area (Å²) in [7, 11) is 1.55. The molecule has 15 heavy (non-hydrogen) atoms. The number of rotatable bonds is 4. The predicted molar refractivity (Wildman–Crippen MR) is 57.4 cm³/mol. The van der Waals surface area contributed by atoms with Crippen molar-refractivity contribution in [1.82, 2.24) is 0 Å². The van der Waals surface area contributed by atoms with Crippen LogP contribution in [-0.4, -0.2) is 29.4 Å². The molecule has 0 aliphatic heterocycles.